The molecule has 0 bridgehead atoms. The van der Waals surface area contributed by atoms with Crippen LogP contribution in [0, 0.1) is 0 Å². The Labute approximate surface area is 113 Å². The Bertz CT molecular complexity index is 375. The molecule has 100 valence electrons. The Balaban J connectivity index is 1.82. The number of fused-ring (bicyclic) bond motifs is 1. The molecule has 1 aromatic rings. The second-order valence-electron chi connectivity index (χ2n) is 5.22. The van der Waals surface area contributed by atoms with E-state index in [9.17, 15) is 0 Å². The smallest absolute Gasteiger partial charge is 0.113 e. The summed E-state index contributed by atoms with van der Waals surface area (Å²) in [7, 11) is 0. The zero-order valence-electron chi connectivity index (χ0n) is 11.1. The van der Waals surface area contributed by atoms with Gasteiger partial charge >= 0.3 is 0 Å². The molecule has 0 saturated carbocycles. The summed E-state index contributed by atoms with van der Waals surface area (Å²) in [5, 5.41) is 4.83. The van der Waals surface area contributed by atoms with Gasteiger partial charge in [-0.25, -0.2) is 4.98 Å². The first-order valence-electron chi connectivity index (χ1n) is 7.22. The maximum atomic E-state index is 5.86. The first-order chi connectivity index (χ1) is 8.88. The Kier molecular flexibility index (Phi) is 3.97. The number of nitrogens with zero attached hydrogens (tertiary/aromatic N) is 1. The molecular formula is C14H22N2OS. The van der Waals surface area contributed by atoms with Crippen molar-refractivity contribution in [3.63, 3.8) is 0 Å². The van der Waals surface area contributed by atoms with Crippen molar-refractivity contribution >= 4 is 11.3 Å². The van der Waals surface area contributed by atoms with Gasteiger partial charge in [0.15, 0.2) is 0 Å². The molecule has 3 nitrogen and oxygen atoms in total. The molecule has 1 aromatic heterocycles. The van der Waals surface area contributed by atoms with Gasteiger partial charge in [0.25, 0.3) is 0 Å². The summed E-state index contributed by atoms with van der Waals surface area (Å²) in [5.41, 5.74) is 1.36. The lowest BCUT2D eigenvalue weighted by molar-refractivity contribution is 0.0787. The predicted octanol–water partition coefficient (Wildman–Crippen LogP) is 2.85. The highest BCUT2D eigenvalue weighted by molar-refractivity contribution is 7.11. The third kappa shape index (κ3) is 2.46. The van der Waals surface area contributed by atoms with E-state index in [0.717, 1.165) is 13.2 Å². The zero-order valence-corrected chi connectivity index (χ0v) is 11.9. The van der Waals surface area contributed by atoms with Gasteiger partial charge in [0.1, 0.15) is 5.01 Å². The van der Waals surface area contributed by atoms with Crippen LogP contribution in [0.3, 0.4) is 0 Å². The lowest BCUT2D eigenvalue weighted by atomic mass is 10.0. The number of hydrogen-bond acceptors (Lipinski definition) is 4. The third-order valence-electron chi connectivity index (χ3n) is 3.89. The van der Waals surface area contributed by atoms with E-state index in [2.05, 4.69) is 12.2 Å². The van der Waals surface area contributed by atoms with Gasteiger partial charge in [-0.2, -0.15) is 0 Å². The molecule has 1 aliphatic heterocycles. The number of aromatic nitrogens is 1. The minimum absolute atomic E-state index is 0.313. The molecular weight excluding hydrogens is 244 g/mol. The number of thiazole rings is 1. The molecule has 2 aliphatic rings. The molecule has 0 aromatic carbocycles. The summed E-state index contributed by atoms with van der Waals surface area (Å²) in [6, 6.07) is 0.313. The van der Waals surface area contributed by atoms with Crippen LogP contribution in [0.1, 0.15) is 54.2 Å². The number of likely N-dealkylation sites (N-methyl/N-ethyl adjacent to an activating group) is 1. The van der Waals surface area contributed by atoms with Gasteiger partial charge in [-0.3, -0.25) is 0 Å². The van der Waals surface area contributed by atoms with Crippen LogP contribution < -0.4 is 5.32 Å². The van der Waals surface area contributed by atoms with E-state index < -0.39 is 0 Å². The van der Waals surface area contributed by atoms with Crippen LogP contribution in [0.4, 0.5) is 0 Å². The Hall–Kier alpha value is -0.450. The lowest BCUT2D eigenvalue weighted by Gasteiger charge is -2.21. The van der Waals surface area contributed by atoms with Gasteiger partial charge in [-0.1, -0.05) is 6.92 Å². The van der Waals surface area contributed by atoms with E-state index in [4.69, 9.17) is 9.72 Å². The summed E-state index contributed by atoms with van der Waals surface area (Å²) in [4.78, 5) is 6.42. The lowest BCUT2D eigenvalue weighted by Crippen LogP contribution is -2.31. The summed E-state index contributed by atoms with van der Waals surface area (Å²) in [5.74, 6) is 0. The maximum Gasteiger partial charge on any atom is 0.113 e. The molecule has 2 atom stereocenters. The van der Waals surface area contributed by atoms with E-state index in [1.54, 1.807) is 0 Å². The van der Waals surface area contributed by atoms with Crippen LogP contribution in [0.25, 0.3) is 0 Å². The number of hydrogen-bond donors (Lipinski definition) is 1. The van der Waals surface area contributed by atoms with Crippen molar-refractivity contribution < 1.29 is 4.74 Å². The molecule has 1 aliphatic carbocycles. The molecule has 0 radical (unpaired) electrons. The normalized spacial score (nSPS) is 25.1. The van der Waals surface area contributed by atoms with Crippen molar-refractivity contribution in [2.24, 2.45) is 0 Å². The molecule has 1 N–H and O–H groups in total. The molecule has 0 amide bonds. The number of aryl methyl sites for hydroxylation is 2. The fourth-order valence-corrected chi connectivity index (χ4v) is 4.25. The van der Waals surface area contributed by atoms with E-state index >= 15 is 0 Å². The minimum atomic E-state index is 0.313. The summed E-state index contributed by atoms with van der Waals surface area (Å²) < 4.78 is 5.86. The largest absolute Gasteiger partial charge is 0.376 e. The molecule has 18 heavy (non-hydrogen) atoms. The molecule has 1 fully saturated rings. The van der Waals surface area contributed by atoms with Gasteiger partial charge in [-0.15, -0.1) is 11.3 Å². The molecule has 2 heterocycles. The summed E-state index contributed by atoms with van der Waals surface area (Å²) >= 11 is 1.92. The van der Waals surface area contributed by atoms with E-state index in [0.29, 0.717) is 12.1 Å². The fraction of sp³-hybridized carbons (Fsp3) is 0.786. The first-order valence-corrected chi connectivity index (χ1v) is 8.03. The van der Waals surface area contributed by atoms with E-state index in [1.807, 2.05) is 11.3 Å². The molecule has 1 saturated heterocycles. The van der Waals surface area contributed by atoms with Crippen molar-refractivity contribution in [1.29, 1.82) is 0 Å². The second kappa shape index (κ2) is 5.68. The molecule has 3 rings (SSSR count). The van der Waals surface area contributed by atoms with Crippen LogP contribution in [-0.2, 0) is 17.6 Å². The van der Waals surface area contributed by atoms with Crippen molar-refractivity contribution in [3.8, 4) is 0 Å². The van der Waals surface area contributed by atoms with Gasteiger partial charge in [-0.05, 0) is 45.1 Å². The topological polar surface area (TPSA) is 34.2 Å². The number of rotatable bonds is 4. The minimum Gasteiger partial charge on any atom is -0.376 e. The maximum absolute atomic E-state index is 5.86. The Morgan fingerprint density at radius 3 is 3.00 bits per heavy atom. The van der Waals surface area contributed by atoms with E-state index in [1.165, 1.54) is 54.1 Å². The monoisotopic (exact) mass is 266 g/mol. The van der Waals surface area contributed by atoms with Crippen molar-refractivity contribution in [2.75, 3.05) is 13.2 Å². The predicted molar refractivity (Wildman–Crippen MR) is 74.1 cm³/mol. The van der Waals surface area contributed by atoms with E-state index in [-0.39, 0.29) is 0 Å². The van der Waals surface area contributed by atoms with Crippen molar-refractivity contribution in [1.82, 2.24) is 10.3 Å². The molecule has 2 unspecified atom stereocenters. The number of ether oxygens (including phenoxy) is 1. The van der Waals surface area contributed by atoms with Crippen LogP contribution in [0.15, 0.2) is 0 Å². The van der Waals surface area contributed by atoms with Crippen LogP contribution in [-0.4, -0.2) is 24.2 Å². The summed E-state index contributed by atoms with van der Waals surface area (Å²) in [6.07, 6.45) is 7.74. The quantitative estimate of drug-likeness (QED) is 0.910. The van der Waals surface area contributed by atoms with Crippen molar-refractivity contribution in [2.45, 2.75) is 57.6 Å². The Morgan fingerprint density at radius 1 is 1.39 bits per heavy atom. The van der Waals surface area contributed by atoms with Gasteiger partial charge in [0.05, 0.1) is 17.8 Å². The van der Waals surface area contributed by atoms with Gasteiger partial charge in [0.2, 0.25) is 0 Å². The third-order valence-corrected chi connectivity index (χ3v) is 5.13. The second-order valence-corrected chi connectivity index (χ2v) is 6.33. The van der Waals surface area contributed by atoms with Gasteiger partial charge < -0.3 is 10.1 Å². The summed E-state index contributed by atoms with van der Waals surface area (Å²) in [6.45, 7) is 4.06. The Morgan fingerprint density at radius 2 is 2.28 bits per heavy atom. The number of nitrogens with one attached hydrogen (secondary N) is 1. The average molecular weight is 266 g/mol. The van der Waals surface area contributed by atoms with Crippen LogP contribution in [0.5, 0.6) is 0 Å². The first kappa shape index (κ1) is 12.6. The molecule has 4 heteroatoms. The zero-order chi connectivity index (χ0) is 12.4. The van der Waals surface area contributed by atoms with Gasteiger partial charge in [0, 0.05) is 11.5 Å². The fourth-order valence-electron chi connectivity index (χ4n) is 2.97. The van der Waals surface area contributed by atoms with Crippen LogP contribution in [0.2, 0.25) is 0 Å². The standard InChI is InChI=1S/C14H22N2OS/c1-2-15-13(11-7-5-9-17-11)14-16-10-6-3-4-8-12(10)18-14/h11,13,15H,2-9H2,1H3. The highest BCUT2D eigenvalue weighted by Gasteiger charge is 2.30. The van der Waals surface area contributed by atoms with Crippen molar-refractivity contribution in [3.05, 3.63) is 15.6 Å². The van der Waals surface area contributed by atoms with Crippen LogP contribution >= 0.6 is 11.3 Å². The average Bonchev–Trinajstić information content (AvgIpc) is 3.04. The molecule has 0 spiro atoms. The highest BCUT2D eigenvalue weighted by Crippen LogP contribution is 2.34. The highest BCUT2D eigenvalue weighted by atomic mass is 32.1. The SMILES string of the molecule is CCNC(c1nc2c(s1)CCCC2)C1CCCO1.